The van der Waals surface area contributed by atoms with Gasteiger partial charge in [-0.1, -0.05) is 41.9 Å². The molecule has 2 aromatic rings. The van der Waals surface area contributed by atoms with E-state index in [4.69, 9.17) is 16.3 Å². The zero-order chi connectivity index (χ0) is 17.2. The molecule has 0 N–H and O–H groups in total. The van der Waals surface area contributed by atoms with Crippen molar-refractivity contribution in [2.75, 3.05) is 19.7 Å². The minimum atomic E-state index is -3.73. The Morgan fingerprint density at radius 3 is 2.67 bits per heavy atom. The van der Waals surface area contributed by atoms with Gasteiger partial charge in [-0.25, -0.2) is 12.7 Å². The molecule has 0 atom stereocenters. The first-order chi connectivity index (χ1) is 11.5. The second-order valence-electron chi connectivity index (χ2n) is 5.17. The summed E-state index contributed by atoms with van der Waals surface area (Å²) in [5.41, 5.74) is 0.776. The molecular weight excluding hydrogens is 348 g/mol. The lowest BCUT2D eigenvalue weighted by atomic mass is 10.2. The number of rotatable bonds is 5. The number of halogens is 1. The van der Waals surface area contributed by atoms with Crippen LogP contribution in [-0.2, 0) is 10.0 Å². The van der Waals surface area contributed by atoms with Crippen LogP contribution in [0.25, 0.3) is 0 Å². The summed E-state index contributed by atoms with van der Waals surface area (Å²) in [6.07, 6.45) is 0. The van der Waals surface area contributed by atoms with Gasteiger partial charge in [0.25, 0.3) is 10.0 Å². The highest BCUT2D eigenvalue weighted by atomic mass is 35.5. The van der Waals surface area contributed by atoms with Crippen molar-refractivity contribution in [2.24, 2.45) is 4.99 Å². The average molecular weight is 365 g/mol. The lowest BCUT2D eigenvalue weighted by Crippen LogP contribution is -2.34. The van der Waals surface area contributed by atoms with Gasteiger partial charge in [0, 0.05) is 11.6 Å². The van der Waals surface area contributed by atoms with Crippen LogP contribution in [-0.4, -0.2) is 38.3 Å². The number of benzene rings is 2. The number of aliphatic imine (C=N–C) groups is 1. The van der Waals surface area contributed by atoms with Gasteiger partial charge in [-0.2, -0.15) is 0 Å². The van der Waals surface area contributed by atoms with Crippen molar-refractivity contribution in [1.82, 2.24) is 4.31 Å². The van der Waals surface area contributed by atoms with Gasteiger partial charge >= 0.3 is 0 Å². The van der Waals surface area contributed by atoms with E-state index in [1.54, 1.807) is 0 Å². The van der Waals surface area contributed by atoms with Crippen LogP contribution in [0.5, 0.6) is 5.75 Å². The van der Waals surface area contributed by atoms with E-state index < -0.39 is 10.0 Å². The molecule has 0 saturated carbocycles. The number of amidine groups is 1. The molecule has 3 rings (SSSR count). The van der Waals surface area contributed by atoms with Crippen molar-refractivity contribution in [2.45, 2.75) is 11.8 Å². The standard InChI is InChI=1S/C17H17ClN2O3S/c1-2-23-16-12-14(8-9-15(16)18)24(21,22)20-11-10-19-17(20)13-6-4-3-5-7-13/h3-9,12H,2,10-11H2,1H3. The lowest BCUT2D eigenvalue weighted by molar-refractivity contribution is 0.339. The van der Waals surface area contributed by atoms with Gasteiger partial charge in [0.1, 0.15) is 11.6 Å². The van der Waals surface area contributed by atoms with Crippen LogP contribution in [0, 0.1) is 0 Å². The van der Waals surface area contributed by atoms with E-state index in [-0.39, 0.29) is 4.90 Å². The maximum atomic E-state index is 13.0. The van der Waals surface area contributed by atoms with Crippen molar-refractivity contribution < 1.29 is 13.2 Å². The lowest BCUT2D eigenvalue weighted by Gasteiger charge is -2.21. The van der Waals surface area contributed by atoms with Gasteiger partial charge in [-0.15, -0.1) is 0 Å². The van der Waals surface area contributed by atoms with E-state index in [0.29, 0.717) is 36.3 Å². The zero-order valence-electron chi connectivity index (χ0n) is 13.1. The summed E-state index contributed by atoms with van der Waals surface area (Å²) >= 11 is 6.05. The molecule has 0 aromatic heterocycles. The van der Waals surface area contributed by atoms with Crippen molar-refractivity contribution in [3.63, 3.8) is 0 Å². The number of nitrogens with zero attached hydrogens (tertiary/aromatic N) is 2. The molecule has 7 heteroatoms. The Morgan fingerprint density at radius 2 is 1.96 bits per heavy atom. The monoisotopic (exact) mass is 364 g/mol. The van der Waals surface area contributed by atoms with Crippen LogP contribution < -0.4 is 4.74 Å². The maximum absolute atomic E-state index is 13.0. The van der Waals surface area contributed by atoms with Crippen molar-refractivity contribution in [3.8, 4) is 5.75 Å². The summed E-state index contributed by atoms with van der Waals surface area (Å²) in [6, 6.07) is 13.8. The van der Waals surface area contributed by atoms with Crippen LogP contribution in [0.1, 0.15) is 12.5 Å². The first-order valence-corrected chi connectivity index (χ1v) is 9.41. The molecule has 24 heavy (non-hydrogen) atoms. The van der Waals surface area contributed by atoms with Gasteiger partial charge < -0.3 is 4.74 Å². The van der Waals surface area contributed by atoms with Crippen LogP contribution in [0.2, 0.25) is 5.02 Å². The summed E-state index contributed by atoms with van der Waals surface area (Å²) in [5, 5.41) is 0.383. The Balaban J connectivity index is 1.99. The van der Waals surface area contributed by atoms with Gasteiger partial charge in [0.05, 0.1) is 29.6 Å². The minimum absolute atomic E-state index is 0.140. The highest BCUT2D eigenvalue weighted by molar-refractivity contribution is 7.89. The van der Waals surface area contributed by atoms with Crippen LogP contribution in [0.15, 0.2) is 58.4 Å². The summed E-state index contributed by atoms with van der Waals surface area (Å²) in [5.74, 6) is 0.821. The Kier molecular flexibility index (Phi) is 4.78. The summed E-state index contributed by atoms with van der Waals surface area (Å²) < 4.78 is 32.8. The van der Waals surface area contributed by atoms with Crippen molar-refractivity contribution in [3.05, 3.63) is 59.1 Å². The molecule has 0 aliphatic carbocycles. The fourth-order valence-electron chi connectivity index (χ4n) is 2.53. The van der Waals surface area contributed by atoms with Gasteiger partial charge in [-0.05, 0) is 19.1 Å². The van der Waals surface area contributed by atoms with E-state index >= 15 is 0 Å². The largest absolute Gasteiger partial charge is 0.492 e. The third kappa shape index (κ3) is 3.12. The van der Waals surface area contributed by atoms with E-state index in [1.807, 2.05) is 37.3 Å². The quantitative estimate of drug-likeness (QED) is 0.818. The number of ether oxygens (including phenoxy) is 1. The molecule has 1 aliphatic heterocycles. The molecule has 5 nitrogen and oxygen atoms in total. The molecular formula is C17H17ClN2O3S. The number of hydrogen-bond donors (Lipinski definition) is 0. The first kappa shape index (κ1) is 16.8. The van der Waals surface area contributed by atoms with E-state index in [2.05, 4.69) is 4.99 Å². The first-order valence-electron chi connectivity index (χ1n) is 7.59. The third-order valence-electron chi connectivity index (χ3n) is 3.62. The average Bonchev–Trinajstić information content (AvgIpc) is 3.08. The molecule has 0 unspecified atom stereocenters. The third-order valence-corrected chi connectivity index (χ3v) is 5.72. The van der Waals surface area contributed by atoms with Crippen molar-refractivity contribution >= 4 is 27.5 Å². The maximum Gasteiger partial charge on any atom is 0.265 e. The van der Waals surface area contributed by atoms with Crippen LogP contribution in [0.4, 0.5) is 0 Å². The molecule has 0 radical (unpaired) electrons. The van der Waals surface area contributed by atoms with Gasteiger partial charge in [-0.3, -0.25) is 4.99 Å². The predicted molar refractivity (Wildman–Crippen MR) is 94.4 cm³/mol. The summed E-state index contributed by atoms with van der Waals surface area (Å²) in [6.45, 7) is 2.98. The topological polar surface area (TPSA) is 59.0 Å². The van der Waals surface area contributed by atoms with Gasteiger partial charge in [0.2, 0.25) is 0 Å². The fourth-order valence-corrected chi connectivity index (χ4v) is 4.16. The Morgan fingerprint density at radius 1 is 1.21 bits per heavy atom. The van der Waals surface area contributed by atoms with E-state index in [9.17, 15) is 8.42 Å². The predicted octanol–water partition coefficient (Wildman–Crippen LogP) is 3.19. The molecule has 0 spiro atoms. The molecule has 2 aromatic carbocycles. The van der Waals surface area contributed by atoms with Crippen molar-refractivity contribution in [1.29, 1.82) is 0 Å². The Bertz CT molecular complexity index is 867. The molecule has 126 valence electrons. The second-order valence-corrected chi connectivity index (χ2v) is 7.44. The normalized spacial score (nSPS) is 14.6. The number of sulfonamides is 1. The highest BCUT2D eigenvalue weighted by Crippen LogP contribution is 2.30. The van der Waals surface area contributed by atoms with Crippen LogP contribution >= 0.6 is 11.6 Å². The molecule has 0 fully saturated rings. The summed E-state index contributed by atoms with van der Waals surface area (Å²) in [4.78, 5) is 4.50. The smallest absolute Gasteiger partial charge is 0.265 e. The molecule has 1 aliphatic rings. The second kappa shape index (κ2) is 6.83. The SMILES string of the molecule is CCOc1cc(S(=O)(=O)N2CCN=C2c2ccccc2)ccc1Cl. The molecule has 0 amide bonds. The summed E-state index contributed by atoms with van der Waals surface area (Å²) in [7, 11) is -3.73. The molecule has 1 heterocycles. The van der Waals surface area contributed by atoms with E-state index in [0.717, 1.165) is 5.56 Å². The number of hydrogen-bond acceptors (Lipinski definition) is 4. The Hall–Kier alpha value is -2.05. The van der Waals surface area contributed by atoms with E-state index in [1.165, 1.54) is 22.5 Å². The van der Waals surface area contributed by atoms with Gasteiger partial charge in [0.15, 0.2) is 0 Å². The molecule has 0 saturated heterocycles. The highest BCUT2D eigenvalue weighted by Gasteiger charge is 2.31. The fraction of sp³-hybridized carbons (Fsp3) is 0.235. The Labute approximate surface area is 146 Å². The minimum Gasteiger partial charge on any atom is -0.492 e. The van der Waals surface area contributed by atoms with Crippen LogP contribution in [0.3, 0.4) is 0 Å². The molecule has 0 bridgehead atoms. The zero-order valence-corrected chi connectivity index (χ0v) is 14.7.